The Kier molecular flexibility index (Phi) is 4.79. The monoisotopic (exact) mass is 439 g/mol. The fourth-order valence-electron chi connectivity index (χ4n) is 2.84. The van der Waals surface area contributed by atoms with Crippen LogP contribution in [0.1, 0.15) is 0 Å². The van der Waals surface area contributed by atoms with E-state index in [2.05, 4.69) is 0 Å². The Hall–Kier alpha value is -1.32. The quantitative estimate of drug-likeness (QED) is 0.306. The van der Waals surface area contributed by atoms with Crippen molar-refractivity contribution < 1.29 is 8.78 Å². The second kappa shape index (κ2) is 6.66. The summed E-state index contributed by atoms with van der Waals surface area (Å²) in [4.78, 5) is 0. The minimum atomic E-state index is -3.08. The second-order valence-electron chi connectivity index (χ2n) is 5.15. The molecule has 3 aromatic rings. The molecule has 0 atom stereocenters. The van der Waals surface area contributed by atoms with Crippen LogP contribution in [0, 0.1) is 0 Å². The van der Waals surface area contributed by atoms with E-state index in [1.165, 1.54) is 22.6 Å². The highest BCUT2D eigenvalue weighted by molar-refractivity contribution is 14.1. The van der Waals surface area contributed by atoms with Gasteiger partial charge in [0.2, 0.25) is 0 Å². The second-order valence-corrected chi connectivity index (χ2v) is 10.8. The highest BCUT2D eigenvalue weighted by Crippen LogP contribution is 2.70. The SMILES string of the molecule is FC(F)(I)[P+](c1ccccc1)(c1ccccc1)c1ccccc1. The molecule has 3 rings (SSSR count). The third-order valence-corrected chi connectivity index (χ3v) is 9.96. The molecule has 0 aliphatic heterocycles. The van der Waals surface area contributed by atoms with Crippen LogP contribution >= 0.6 is 29.9 Å². The third-order valence-electron chi connectivity index (χ3n) is 3.81. The van der Waals surface area contributed by atoms with Gasteiger partial charge in [-0.2, -0.15) is 8.78 Å². The lowest BCUT2D eigenvalue weighted by molar-refractivity contribution is 0.225. The van der Waals surface area contributed by atoms with Crippen molar-refractivity contribution in [3.05, 3.63) is 91.0 Å². The lowest BCUT2D eigenvalue weighted by Gasteiger charge is -2.30. The van der Waals surface area contributed by atoms with Crippen LogP contribution in [0.25, 0.3) is 0 Å². The van der Waals surface area contributed by atoms with Crippen molar-refractivity contribution in [1.29, 1.82) is 0 Å². The first-order chi connectivity index (χ1) is 11.1. The number of rotatable bonds is 4. The van der Waals surface area contributed by atoms with Gasteiger partial charge in [0.1, 0.15) is 15.9 Å². The zero-order valence-electron chi connectivity index (χ0n) is 12.2. The van der Waals surface area contributed by atoms with Gasteiger partial charge in [-0.3, -0.25) is 0 Å². The molecule has 0 radical (unpaired) electrons. The van der Waals surface area contributed by atoms with E-state index in [1.807, 2.05) is 91.0 Å². The van der Waals surface area contributed by atoms with Crippen molar-refractivity contribution in [2.75, 3.05) is 0 Å². The average Bonchev–Trinajstić information content (AvgIpc) is 2.57. The van der Waals surface area contributed by atoms with E-state index in [1.54, 1.807) is 0 Å². The molecule has 0 heterocycles. The van der Waals surface area contributed by atoms with Crippen molar-refractivity contribution in [1.82, 2.24) is 0 Å². The summed E-state index contributed by atoms with van der Waals surface area (Å²) in [5, 5.41) is 2.07. The summed E-state index contributed by atoms with van der Waals surface area (Å²) >= 11 is 1.32. The van der Waals surface area contributed by atoms with Crippen molar-refractivity contribution >= 4 is 45.8 Å². The Labute approximate surface area is 149 Å². The Morgan fingerprint density at radius 1 is 0.565 bits per heavy atom. The summed E-state index contributed by atoms with van der Waals surface area (Å²) in [5.74, 6) is 0. The van der Waals surface area contributed by atoms with Gasteiger partial charge in [0.15, 0.2) is 7.26 Å². The van der Waals surface area contributed by atoms with Crippen LogP contribution in [0.4, 0.5) is 8.78 Å². The molecule has 0 aromatic heterocycles. The smallest absolute Gasteiger partial charge is 0.156 e. The lowest BCUT2D eigenvalue weighted by atomic mass is 10.4. The zero-order valence-corrected chi connectivity index (χ0v) is 15.3. The van der Waals surface area contributed by atoms with Crippen LogP contribution in [0.2, 0.25) is 0 Å². The van der Waals surface area contributed by atoms with Gasteiger partial charge in [-0.05, 0) is 36.4 Å². The van der Waals surface area contributed by atoms with Gasteiger partial charge in [-0.15, -0.1) is 0 Å². The van der Waals surface area contributed by atoms with Gasteiger partial charge in [0, 0.05) is 0 Å². The molecule has 0 aliphatic carbocycles. The fraction of sp³-hybridized carbons (Fsp3) is 0.0526. The van der Waals surface area contributed by atoms with E-state index in [-0.39, 0.29) is 0 Å². The van der Waals surface area contributed by atoms with Gasteiger partial charge in [-0.25, -0.2) is 0 Å². The largest absolute Gasteiger partial charge is 0.416 e. The van der Waals surface area contributed by atoms with Crippen LogP contribution in [-0.2, 0) is 0 Å². The number of hydrogen-bond acceptors (Lipinski definition) is 0. The van der Waals surface area contributed by atoms with Crippen LogP contribution in [0.15, 0.2) is 91.0 Å². The molecule has 0 nitrogen and oxygen atoms in total. The van der Waals surface area contributed by atoms with Crippen LogP contribution < -0.4 is 15.9 Å². The minimum absolute atomic E-state index is 0.691. The predicted molar refractivity (Wildman–Crippen MR) is 104 cm³/mol. The van der Waals surface area contributed by atoms with Gasteiger partial charge < -0.3 is 0 Å². The summed E-state index contributed by atoms with van der Waals surface area (Å²) in [6.45, 7) is 0. The summed E-state index contributed by atoms with van der Waals surface area (Å²) < 4.78 is 27.4. The van der Waals surface area contributed by atoms with Crippen molar-refractivity contribution in [2.24, 2.45) is 0 Å². The zero-order chi connectivity index (χ0) is 16.3. The number of alkyl halides is 3. The van der Waals surface area contributed by atoms with E-state index < -0.39 is 10.9 Å². The molecule has 0 spiro atoms. The van der Waals surface area contributed by atoms with E-state index >= 15 is 8.78 Å². The topological polar surface area (TPSA) is 0 Å². The van der Waals surface area contributed by atoms with E-state index in [0.29, 0.717) is 15.9 Å². The van der Waals surface area contributed by atoms with E-state index in [9.17, 15) is 0 Å². The molecular weight excluding hydrogens is 424 g/mol. The van der Waals surface area contributed by atoms with E-state index in [0.717, 1.165) is 0 Å². The van der Waals surface area contributed by atoms with Crippen LogP contribution in [0.3, 0.4) is 0 Å². The summed E-state index contributed by atoms with van der Waals surface area (Å²) in [5.41, 5.74) is 0. The molecule has 3 aromatic carbocycles. The molecule has 116 valence electrons. The first-order valence-corrected chi connectivity index (χ1v) is 10.1. The molecule has 0 amide bonds. The summed E-state index contributed by atoms with van der Waals surface area (Å²) in [6, 6.07) is 27.5. The molecule has 23 heavy (non-hydrogen) atoms. The summed E-state index contributed by atoms with van der Waals surface area (Å²) in [6.07, 6.45) is 0. The highest BCUT2D eigenvalue weighted by Gasteiger charge is 2.64. The molecule has 0 unspecified atom stereocenters. The predicted octanol–water partition coefficient (Wildman–Crippen LogP) is 4.97. The van der Waals surface area contributed by atoms with Crippen LogP contribution in [-0.4, -0.2) is 3.67 Å². The first kappa shape index (κ1) is 16.5. The van der Waals surface area contributed by atoms with Crippen molar-refractivity contribution in [3.8, 4) is 0 Å². The number of halogens is 3. The molecule has 0 saturated heterocycles. The maximum Gasteiger partial charge on any atom is 0.416 e. The third kappa shape index (κ3) is 2.92. The summed E-state index contributed by atoms with van der Waals surface area (Å²) in [7, 11) is -3.08. The van der Waals surface area contributed by atoms with Gasteiger partial charge >= 0.3 is 3.67 Å². The average molecular weight is 439 g/mol. The molecular formula is C19H15F2IP+. The fourth-order valence-corrected chi connectivity index (χ4v) is 8.98. The van der Waals surface area contributed by atoms with Crippen molar-refractivity contribution in [3.63, 3.8) is 0 Å². The standard InChI is InChI=1S/C19H15F2IP/c20-19(21,22)23(16-10-4-1-5-11-16,17-12-6-2-7-13-17)18-14-8-3-9-15-18/h1-15H/q+1. The first-order valence-electron chi connectivity index (χ1n) is 7.19. The number of hydrogen-bond donors (Lipinski definition) is 0. The van der Waals surface area contributed by atoms with Crippen molar-refractivity contribution in [2.45, 2.75) is 3.67 Å². The lowest BCUT2D eigenvalue weighted by Crippen LogP contribution is -2.39. The minimum Gasteiger partial charge on any atom is -0.156 e. The molecule has 0 aliphatic rings. The number of benzene rings is 3. The normalized spacial score (nSPS) is 12.1. The molecule has 0 saturated carbocycles. The van der Waals surface area contributed by atoms with Gasteiger partial charge in [0.25, 0.3) is 0 Å². The maximum atomic E-state index is 15.1. The van der Waals surface area contributed by atoms with Gasteiger partial charge in [-0.1, -0.05) is 54.6 Å². The van der Waals surface area contributed by atoms with Crippen LogP contribution in [0.5, 0.6) is 0 Å². The molecule has 0 N–H and O–H groups in total. The van der Waals surface area contributed by atoms with Gasteiger partial charge in [0.05, 0.1) is 22.6 Å². The van der Waals surface area contributed by atoms with E-state index in [4.69, 9.17) is 0 Å². The molecule has 0 fully saturated rings. The Bertz CT molecular complexity index is 659. The molecule has 4 heteroatoms. The molecule has 0 bridgehead atoms. The highest BCUT2D eigenvalue weighted by atomic mass is 127. The Balaban J connectivity index is 2.41. The Morgan fingerprint density at radius 2 is 0.826 bits per heavy atom. The Morgan fingerprint density at radius 3 is 1.04 bits per heavy atom. The maximum absolute atomic E-state index is 15.1.